The van der Waals surface area contributed by atoms with Gasteiger partial charge in [0.05, 0.1) is 6.54 Å². The van der Waals surface area contributed by atoms with E-state index in [1.54, 1.807) is 30.3 Å². The molecule has 0 aliphatic heterocycles. The molecule has 2 aromatic carbocycles. The lowest BCUT2D eigenvalue weighted by molar-refractivity contribution is -0.150. The van der Waals surface area contributed by atoms with Gasteiger partial charge in [0, 0.05) is 10.7 Å². The first kappa shape index (κ1) is 21.2. The summed E-state index contributed by atoms with van der Waals surface area (Å²) in [6.07, 6.45) is 0.775. The molecule has 0 aromatic heterocycles. The highest BCUT2D eigenvalue weighted by atomic mass is 35.5. The van der Waals surface area contributed by atoms with Gasteiger partial charge in [0.2, 0.25) is 5.91 Å². The average molecular weight is 405 g/mol. The second kappa shape index (κ2) is 10.9. The quantitative estimate of drug-likeness (QED) is 0.626. The summed E-state index contributed by atoms with van der Waals surface area (Å²) in [5.74, 6) is -1.20. The van der Waals surface area contributed by atoms with Crippen LogP contribution < -0.4 is 15.4 Å². The first-order chi connectivity index (χ1) is 13.5. The lowest BCUT2D eigenvalue weighted by Gasteiger charge is -2.10. The number of rotatable bonds is 9. The molecular weight excluding hydrogens is 384 g/mol. The number of aryl methyl sites for hydroxylation is 1. The molecule has 0 spiro atoms. The number of para-hydroxylation sites is 1. The number of esters is 1. The number of hydrogen-bond acceptors (Lipinski definition) is 5. The number of nitrogens with one attached hydrogen (secondary N) is 2. The van der Waals surface area contributed by atoms with Gasteiger partial charge in [0.1, 0.15) is 5.75 Å². The van der Waals surface area contributed by atoms with Gasteiger partial charge in [-0.25, -0.2) is 4.79 Å². The summed E-state index contributed by atoms with van der Waals surface area (Å²) < 4.78 is 10.0. The topological polar surface area (TPSA) is 93.7 Å². The van der Waals surface area contributed by atoms with E-state index in [1.807, 2.05) is 25.1 Å². The summed E-state index contributed by atoms with van der Waals surface area (Å²) in [7, 11) is 0. The largest absolute Gasteiger partial charge is 0.482 e. The number of hydrogen-bond donors (Lipinski definition) is 2. The van der Waals surface area contributed by atoms with E-state index in [-0.39, 0.29) is 19.1 Å². The minimum absolute atomic E-state index is 0.226. The van der Waals surface area contributed by atoms with Gasteiger partial charge in [-0.1, -0.05) is 36.7 Å². The lowest BCUT2D eigenvalue weighted by atomic mass is 10.1. The molecule has 2 N–H and O–H groups in total. The Labute approximate surface area is 168 Å². The third-order valence-electron chi connectivity index (χ3n) is 3.65. The maximum absolute atomic E-state index is 11.9. The van der Waals surface area contributed by atoms with Crippen molar-refractivity contribution in [3.63, 3.8) is 0 Å². The third kappa shape index (κ3) is 7.28. The van der Waals surface area contributed by atoms with E-state index in [1.165, 1.54) is 0 Å². The molecule has 28 heavy (non-hydrogen) atoms. The number of halogens is 1. The van der Waals surface area contributed by atoms with Gasteiger partial charge in [-0.3, -0.25) is 9.59 Å². The molecule has 0 saturated carbocycles. The van der Waals surface area contributed by atoms with E-state index in [0.717, 1.165) is 12.0 Å². The van der Waals surface area contributed by atoms with Crippen LogP contribution in [-0.4, -0.2) is 37.5 Å². The summed E-state index contributed by atoms with van der Waals surface area (Å²) in [5, 5.41) is 5.67. The Bertz CT molecular complexity index is 824. The fraction of sp³-hybridized carbons (Fsp3) is 0.250. The second-order valence-electron chi connectivity index (χ2n) is 5.74. The van der Waals surface area contributed by atoms with Crippen LogP contribution in [0.5, 0.6) is 5.75 Å². The molecule has 0 saturated heterocycles. The van der Waals surface area contributed by atoms with Crippen molar-refractivity contribution < 1.29 is 23.9 Å². The summed E-state index contributed by atoms with van der Waals surface area (Å²) in [6, 6.07) is 13.9. The number of anilines is 1. The summed E-state index contributed by atoms with van der Waals surface area (Å²) in [4.78, 5) is 35.3. The van der Waals surface area contributed by atoms with Crippen LogP contribution in [0.2, 0.25) is 5.02 Å². The molecular formula is C20H21ClN2O5. The first-order valence-corrected chi connectivity index (χ1v) is 9.04. The molecule has 7 nitrogen and oxygen atoms in total. The minimum atomic E-state index is -0.702. The molecule has 2 rings (SSSR count). The van der Waals surface area contributed by atoms with Crippen LogP contribution in [-0.2, 0) is 25.5 Å². The van der Waals surface area contributed by atoms with E-state index in [4.69, 9.17) is 21.1 Å². The molecule has 0 atom stereocenters. The van der Waals surface area contributed by atoms with Crippen LogP contribution in [0.15, 0.2) is 48.5 Å². The molecule has 0 fully saturated rings. The van der Waals surface area contributed by atoms with Crippen molar-refractivity contribution in [2.75, 3.05) is 25.1 Å². The van der Waals surface area contributed by atoms with E-state index in [2.05, 4.69) is 10.6 Å². The molecule has 0 aliphatic rings. The van der Waals surface area contributed by atoms with Crippen LogP contribution >= 0.6 is 11.6 Å². The van der Waals surface area contributed by atoms with Gasteiger partial charge >= 0.3 is 5.97 Å². The van der Waals surface area contributed by atoms with Crippen LogP contribution in [0.3, 0.4) is 0 Å². The number of ether oxygens (including phenoxy) is 2. The average Bonchev–Trinajstić information content (AvgIpc) is 2.70. The Balaban J connectivity index is 1.65. The molecule has 0 unspecified atom stereocenters. The summed E-state index contributed by atoms with van der Waals surface area (Å²) >= 11 is 5.75. The SMILES string of the molecule is CCc1ccccc1NC(=O)CNC(=O)COC(=O)COc1ccc(Cl)cc1. The zero-order valence-electron chi connectivity index (χ0n) is 15.4. The van der Waals surface area contributed by atoms with E-state index in [9.17, 15) is 14.4 Å². The smallest absolute Gasteiger partial charge is 0.344 e. The molecule has 0 aliphatic carbocycles. The molecule has 2 amide bonds. The van der Waals surface area contributed by atoms with Gasteiger partial charge in [0.15, 0.2) is 13.2 Å². The van der Waals surface area contributed by atoms with E-state index < -0.39 is 18.5 Å². The maximum Gasteiger partial charge on any atom is 0.344 e. The maximum atomic E-state index is 11.9. The second-order valence-corrected chi connectivity index (χ2v) is 6.18. The molecule has 148 valence electrons. The van der Waals surface area contributed by atoms with Gasteiger partial charge in [-0.15, -0.1) is 0 Å². The highest BCUT2D eigenvalue weighted by Crippen LogP contribution is 2.16. The summed E-state index contributed by atoms with van der Waals surface area (Å²) in [5.41, 5.74) is 1.70. The Hall–Kier alpha value is -3.06. The zero-order chi connectivity index (χ0) is 20.4. The van der Waals surface area contributed by atoms with Crippen molar-refractivity contribution >= 4 is 35.1 Å². The highest BCUT2D eigenvalue weighted by Gasteiger charge is 2.11. The van der Waals surface area contributed by atoms with Gasteiger partial charge in [-0.2, -0.15) is 0 Å². The van der Waals surface area contributed by atoms with E-state index in [0.29, 0.717) is 16.5 Å². The monoisotopic (exact) mass is 404 g/mol. The fourth-order valence-electron chi connectivity index (χ4n) is 2.24. The zero-order valence-corrected chi connectivity index (χ0v) is 16.1. The predicted octanol–water partition coefficient (Wildman–Crippen LogP) is 2.58. The van der Waals surface area contributed by atoms with E-state index >= 15 is 0 Å². The third-order valence-corrected chi connectivity index (χ3v) is 3.91. The Kier molecular flexibility index (Phi) is 8.30. The number of amides is 2. The normalized spacial score (nSPS) is 10.1. The standard InChI is InChI=1S/C20H21ClN2O5/c1-2-14-5-3-4-6-17(14)23-18(24)11-22-19(25)12-28-20(26)13-27-16-9-7-15(21)8-10-16/h3-10H,2,11-13H2,1H3,(H,22,25)(H,23,24). The molecule has 2 aromatic rings. The van der Waals surface area contributed by atoms with Gasteiger partial charge < -0.3 is 20.1 Å². The molecule has 0 bridgehead atoms. The number of carbonyl (C=O) groups is 3. The number of carbonyl (C=O) groups excluding carboxylic acids is 3. The number of benzene rings is 2. The Morgan fingerprint density at radius 1 is 0.964 bits per heavy atom. The Morgan fingerprint density at radius 2 is 1.68 bits per heavy atom. The molecule has 8 heteroatoms. The first-order valence-electron chi connectivity index (χ1n) is 8.66. The van der Waals surface area contributed by atoms with Crippen molar-refractivity contribution in [3.8, 4) is 5.75 Å². The van der Waals surface area contributed by atoms with Crippen molar-refractivity contribution in [2.45, 2.75) is 13.3 Å². The van der Waals surface area contributed by atoms with Crippen LogP contribution in [0.4, 0.5) is 5.69 Å². The van der Waals surface area contributed by atoms with Crippen LogP contribution in [0, 0.1) is 0 Å². The van der Waals surface area contributed by atoms with Gasteiger partial charge in [-0.05, 0) is 42.3 Å². The molecule has 0 radical (unpaired) electrons. The predicted molar refractivity (Wildman–Crippen MR) is 105 cm³/mol. The van der Waals surface area contributed by atoms with Gasteiger partial charge in [0.25, 0.3) is 5.91 Å². The van der Waals surface area contributed by atoms with Crippen LogP contribution in [0.1, 0.15) is 12.5 Å². The lowest BCUT2D eigenvalue weighted by Crippen LogP contribution is -2.36. The van der Waals surface area contributed by atoms with Crippen LogP contribution in [0.25, 0.3) is 0 Å². The summed E-state index contributed by atoms with van der Waals surface area (Å²) in [6.45, 7) is 0.915. The van der Waals surface area contributed by atoms with Crippen molar-refractivity contribution in [1.29, 1.82) is 0 Å². The van der Waals surface area contributed by atoms with Crippen molar-refractivity contribution in [1.82, 2.24) is 5.32 Å². The van der Waals surface area contributed by atoms with Crippen molar-refractivity contribution in [3.05, 3.63) is 59.1 Å². The molecule has 0 heterocycles. The van der Waals surface area contributed by atoms with Crippen molar-refractivity contribution in [2.24, 2.45) is 0 Å². The highest BCUT2D eigenvalue weighted by molar-refractivity contribution is 6.30. The fourth-order valence-corrected chi connectivity index (χ4v) is 2.36. The Morgan fingerprint density at radius 3 is 2.39 bits per heavy atom. The minimum Gasteiger partial charge on any atom is -0.482 e.